The molecule has 14 heteroatoms. The minimum atomic E-state index is -1.68. The van der Waals surface area contributed by atoms with Crippen LogP contribution in [0.1, 0.15) is 32.9 Å². The summed E-state index contributed by atoms with van der Waals surface area (Å²) in [5.74, 6) is -5.96. The Morgan fingerprint density at radius 1 is 1.00 bits per heavy atom. The standard InChI is InChI=1S/C19H30N6O8/c1-8(2)14(20)17(30)25-15(9(3)26)18(31)23-11(5-13(27)28)16(29)24-12(19(32)33)4-10-6-21-7-22-10/h6-9,11-12,14-15,26H,4-5,20H2,1-3H3,(H,21,22)(H,23,31)(H,24,29)(H,25,30)(H,27,28)(H,32,33). The smallest absolute Gasteiger partial charge is 0.326 e. The van der Waals surface area contributed by atoms with Gasteiger partial charge in [-0.05, 0) is 12.8 Å². The van der Waals surface area contributed by atoms with Crippen molar-refractivity contribution in [3.05, 3.63) is 18.2 Å². The highest BCUT2D eigenvalue weighted by Gasteiger charge is 2.33. The first kappa shape index (κ1) is 27.5. The Bertz CT molecular complexity index is 841. The highest BCUT2D eigenvalue weighted by atomic mass is 16.4. The van der Waals surface area contributed by atoms with Crippen LogP contribution in [0.15, 0.2) is 12.5 Å². The first-order valence-electron chi connectivity index (χ1n) is 10.1. The lowest BCUT2D eigenvalue weighted by molar-refractivity contribution is -0.144. The van der Waals surface area contributed by atoms with Crippen LogP contribution in [0, 0.1) is 5.92 Å². The fraction of sp³-hybridized carbons (Fsp3) is 0.579. The molecule has 5 unspecified atom stereocenters. The molecular formula is C19H30N6O8. The number of rotatable bonds is 13. The summed E-state index contributed by atoms with van der Waals surface area (Å²) in [6.45, 7) is 4.57. The number of aliphatic hydroxyl groups is 1. The molecule has 0 fully saturated rings. The van der Waals surface area contributed by atoms with E-state index in [4.69, 9.17) is 10.8 Å². The number of nitrogens with two attached hydrogens (primary N) is 1. The van der Waals surface area contributed by atoms with Crippen LogP contribution in [0.25, 0.3) is 0 Å². The number of carboxylic acids is 2. The number of H-pyrrole nitrogens is 1. The molecule has 0 aliphatic carbocycles. The summed E-state index contributed by atoms with van der Waals surface area (Å²) >= 11 is 0. The quantitative estimate of drug-likeness (QED) is 0.149. The number of carboxylic acid groups (broad SMARTS) is 2. The molecule has 1 aromatic heterocycles. The van der Waals surface area contributed by atoms with Crippen molar-refractivity contribution in [2.75, 3.05) is 0 Å². The zero-order chi connectivity index (χ0) is 25.3. The molecule has 0 aliphatic heterocycles. The molecule has 33 heavy (non-hydrogen) atoms. The number of nitrogens with zero attached hydrogens (tertiary/aromatic N) is 1. The summed E-state index contributed by atoms with van der Waals surface area (Å²) in [6.07, 6.45) is 0.220. The van der Waals surface area contributed by atoms with Crippen molar-refractivity contribution in [2.24, 2.45) is 11.7 Å². The number of hydrogen-bond donors (Lipinski definition) is 8. The normalized spacial score (nSPS) is 15.6. The first-order chi connectivity index (χ1) is 15.3. The lowest BCUT2D eigenvalue weighted by Crippen LogP contribution is -2.60. The Balaban J connectivity index is 2.97. The van der Waals surface area contributed by atoms with Gasteiger partial charge in [0, 0.05) is 18.3 Å². The molecule has 1 rings (SSSR count). The van der Waals surface area contributed by atoms with E-state index in [-0.39, 0.29) is 12.3 Å². The number of amides is 3. The third kappa shape index (κ3) is 8.86. The Morgan fingerprint density at radius 2 is 1.61 bits per heavy atom. The van der Waals surface area contributed by atoms with Crippen molar-refractivity contribution in [2.45, 2.75) is 63.9 Å². The SMILES string of the molecule is CC(C)C(N)C(=O)NC(C(=O)NC(CC(=O)O)C(=O)NC(Cc1cnc[nH]1)C(=O)O)C(C)O. The molecule has 1 aromatic rings. The van der Waals surface area contributed by atoms with E-state index in [9.17, 15) is 34.2 Å². The number of carbonyl (C=O) groups excluding carboxylic acids is 3. The van der Waals surface area contributed by atoms with Gasteiger partial charge < -0.3 is 42.0 Å². The minimum Gasteiger partial charge on any atom is -0.481 e. The largest absolute Gasteiger partial charge is 0.481 e. The lowest BCUT2D eigenvalue weighted by atomic mass is 10.0. The Kier molecular flexibility index (Phi) is 10.4. The van der Waals surface area contributed by atoms with Gasteiger partial charge in [-0.3, -0.25) is 19.2 Å². The predicted octanol–water partition coefficient (Wildman–Crippen LogP) is -2.67. The van der Waals surface area contributed by atoms with E-state index in [1.807, 2.05) is 0 Å². The summed E-state index contributed by atoms with van der Waals surface area (Å²) in [6, 6.07) is -5.64. The van der Waals surface area contributed by atoms with Crippen LogP contribution < -0.4 is 21.7 Å². The zero-order valence-electron chi connectivity index (χ0n) is 18.4. The minimum absolute atomic E-state index is 0.172. The van der Waals surface area contributed by atoms with E-state index < -0.39 is 66.4 Å². The molecule has 184 valence electrons. The monoisotopic (exact) mass is 470 g/mol. The highest BCUT2D eigenvalue weighted by molar-refractivity contribution is 5.95. The molecule has 1 heterocycles. The number of aromatic nitrogens is 2. The summed E-state index contributed by atoms with van der Waals surface area (Å²) in [4.78, 5) is 66.6. The van der Waals surface area contributed by atoms with Gasteiger partial charge in [-0.2, -0.15) is 0 Å². The van der Waals surface area contributed by atoms with E-state index in [2.05, 4.69) is 25.9 Å². The van der Waals surface area contributed by atoms with Gasteiger partial charge in [0.05, 0.1) is 24.9 Å². The van der Waals surface area contributed by atoms with E-state index in [0.717, 1.165) is 0 Å². The topological polar surface area (TPSA) is 237 Å². The second-order valence-corrected chi connectivity index (χ2v) is 7.84. The maximum absolute atomic E-state index is 12.7. The molecular weight excluding hydrogens is 440 g/mol. The van der Waals surface area contributed by atoms with Gasteiger partial charge in [-0.15, -0.1) is 0 Å². The van der Waals surface area contributed by atoms with Crippen molar-refractivity contribution in [1.29, 1.82) is 0 Å². The van der Waals surface area contributed by atoms with Gasteiger partial charge in [0.1, 0.15) is 18.1 Å². The van der Waals surface area contributed by atoms with Gasteiger partial charge in [0.15, 0.2) is 0 Å². The number of aliphatic carboxylic acids is 2. The van der Waals surface area contributed by atoms with Gasteiger partial charge >= 0.3 is 11.9 Å². The van der Waals surface area contributed by atoms with Crippen molar-refractivity contribution in [3.63, 3.8) is 0 Å². The Labute approximate surface area is 189 Å². The summed E-state index contributed by atoms with van der Waals surface area (Å²) in [7, 11) is 0. The number of aromatic amines is 1. The fourth-order valence-corrected chi connectivity index (χ4v) is 2.69. The van der Waals surface area contributed by atoms with Crippen LogP contribution in [0.3, 0.4) is 0 Å². The number of imidazole rings is 1. The molecule has 0 radical (unpaired) electrons. The Hall–Kier alpha value is -3.52. The van der Waals surface area contributed by atoms with E-state index >= 15 is 0 Å². The van der Waals surface area contributed by atoms with Gasteiger partial charge in [0.2, 0.25) is 17.7 Å². The van der Waals surface area contributed by atoms with Gasteiger partial charge in [-0.1, -0.05) is 13.8 Å². The molecule has 0 aromatic carbocycles. The summed E-state index contributed by atoms with van der Waals surface area (Å²) in [5, 5.41) is 35.0. The van der Waals surface area contributed by atoms with Crippen molar-refractivity contribution in [1.82, 2.24) is 25.9 Å². The van der Waals surface area contributed by atoms with Crippen LogP contribution in [-0.2, 0) is 30.4 Å². The maximum atomic E-state index is 12.7. The molecule has 0 saturated carbocycles. The number of carbonyl (C=O) groups is 5. The molecule has 14 nitrogen and oxygen atoms in total. The van der Waals surface area contributed by atoms with Crippen molar-refractivity contribution in [3.8, 4) is 0 Å². The molecule has 0 aliphatic rings. The maximum Gasteiger partial charge on any atom is 0.326 e. The molecule has 5 atom stereocenters. The second-order valence-electron chi connectivity index (χ2n) is 7.84. The van der Waals surface area contributed by atoms with E-state index in [1.165, 1.54) is 19.4 Å². The van der Waals surface area contributed by atoms with Crippen LogP contribution >= 0.6 is 0 Å². The predicted molar refractivity (Wildman–Crippen MR) is 112 cm³/mol. The number of nitrogens with one attached hydrogen (secondary N) is 4. The van der Waals surface area contributed by atoms with Gasteiger partial charge in [0.25, 0.3) is 0 Å². The number of aliphatic hydroxyl groups excluding tert-OH is 1. The third-order valence-corrected chi connectivity index (χ3v) is 4.69. The fourth-order valence-electron chi connectivity index (χ4n) is 2.69. The van der Waals surface area contributed by atoms with Gasteiger partial charge in [-0.25, -0.2) is 9.78 Å². The van der Waals surface area contributed by atoms with E-state index in [0.29, 0.717) is 5.69 Å². The Morgan fingerprint density at radius 3 is 2.06 bits per heavy atom. The molecule has 0 bridgehead atoms. The molecule has 0 saturated heterocycles. The average molecular weight is 470 g/mol. The highest BCUT2D eigenvalue weighted by Crippen LogP contribution is 2.04. The number of hydrogen-bond acceptors (Lipinski definition) is 8. The zero-order valence-corrected chi connectivity index (χ0v) is 18.4. The van der Waals surface area contributed by atoms with E-state index in [1.54, 1.807) is 13.8 Å². The van der Waals surface area contributed by atoms with Crippen molar-refractivity contribution < 1.29 is 39.3 Å². The summed E-state index contributed by atoms with van der Waals surface area (Å²) < 4.78 is 0. The lowest BCUT2D eigenvalue weighted by Gasteiger charge is -2.26. The van der Waals surface area contributed by atoms with Crippen molar-refractivity contribution >= 4 is 29.7 Å². The first-order valence-corrected chi connectivity index (χ1v) is 10.1. The molecule has 0 spiro atoms. The van der Waals surface area contributed by atoms with Crippen LogP contribution in [0.5, 0.6) is 0 Å². The third-order valence-electron chi connectivity index (χ3n) is 4.69. The second kappa shape index (κ2) is 12.5. The molecule has 9 N–H and O–H groups in total. The summed E-state index contributed by atoms with van der Waals surface area (Å²) in [5.41, 5.74) is 6.14. The van der Waals surface area contributed by atoms with Crippen LogP contribution in [0.2, 0.25) is 0 Å². The molecule has 3 amide bonds. The average Bonchev–Trinajstić information content (AvgIpc) is 3.22. The van der Waals surface area contributed by atoms with Crippen LogP contribution in [-0.4, -0.2) is 85.2 Å². The van der Waals surface area contributed by atoms with Crippen LogP contribution in [0.4, 0.5) is 0 Å².